The van der Waals surface area contributed by atoms with Gasteiger partial charge in [-0.1, -0.05) is 69.7 Å². The SMILES string of the molecule is Cc1ccc(C(=O)[O-])c(-c2cc(C(C)C)cc(C(C)C)c2)c1. The van der Waals surface area contributed by atoms with E-state index in [0.717, 1.165) is 16.7 Å². The van der Waals surface area contributed by atoms with Crippen molar-refractivity contribution in [1.29, 1.82) is 0 Å². The first-order valence-corrected chi connectivity index (χ1v) is 7.77. The number of hydrogen-bond acceptors (Lipinski definition) is 2. The Morgan fingerprint density at radius 2 is 1.45 bits per heavy atom. The van der Waals surface area contributed by atoms with Gasteiger partial charge in [-0.05, 0) is 41.0 Å². The third-order valence-corrected chi connectivity index (χ3v) is 4.02. The summed E-state index contributed by atoms with van der Waals surface area (Å²) in [5.74, 6) is -0.335. The van der Waals surface area contributed by atoms with Crippen LogP contribution in [-0.2, 0) is 0 Å². The minimum absolute atomic E-state index is 0.251. The summed E-state index contributed by atoms with van der Waals surface area (Å²) in [7, 11) is 0. The molecule has 0 aliphatic carbocycles. The van der Waals surface area contributed by atoms with E-state index in [-0.39, 0.29) is 5.56 Å². The molecule has 2 aromatic carbocycles. The molecule has 0 spiro atoms. The fourth-order valence-corrected chi connectivity index (χ4v) is 2.57. The summed E-state index contributed by atoms with van der Waals surface area (Å²) in [6.45, 7) is 10.6. The van der Waals surface area contributed by atoms with E-state index in [1.807, 2.05) is 19.1 Å². The standard InChI is InChI=1S/C20H24O2/c1-12(2)15-9-16(13(3)4)11-17(10-15)19-8-14(5)6-7-18(19)20(21)22/h6-13H,1-5H3,(H,21,22)/p-1. The molecule has 2 rings (SSSR count). The molecule has 0 atom stereocenters. The molecule has 0 radical (unpaired) electrons. The van der Waals surface area contributed by atoms with Crippen LogP contribution in [0, 0.1) is 6.92 Å². The van der Waals surface area contributed by atoms with Crippen molar-refractivity contribution in [2.45, 2.75) is 46.5 Å². The Hall–Kier alpha value is -2.09. The number of hydrogen-bond donors (Lipinski definition) is 0. The van der Waals surface area contributed by atoms with Crippen LogP contribution in [0.5, 0.6) is 0 Å². The quantitative estimate of drug-likeness (QED) is 0.845. The predicted octanol–water partition coefficient (Wildman–Crippen LogP) is 4.27. The van der Waals surface area contributed by atoms with Gasteiger partial charge < -0.3 is 9.90 Å². The molecule has 22 heavy (non-hydrogen) atoms. The third kappa shape index (κ3) is 3.38. The molecule has 0 saturated carbocycles. The van der Waals surface area contributed by atoms with Crippen molar-refractivity contribution in [1.82, 2.24) is 0 Å². The summed E-state index contributed by atoms with van der Waals surface area (Å²) in [6, 6.07) is 11.8. The first-order chi connectivity index (χ1) is 10.3. The fourth-order valence-electron chi connectivity index (χ4n) is 2.57. The average Bonchev–Trinajstić information content (AvgIpc) is 2.46. The fraction of sp³-hybridized carbons (Fsp3) is 0.350. The number of aromatic carboxylic acids is 1. The Kier molecular flexibility index (Phi) is 4.70. The van der Waals surface area contributed by atoms with Crippen LogP contribution in [-0.4, -0.2) is 5.97 Å². The average molecular weight is 295 g/mol. The minimum Gasteiger partial charge on any atom is -0.545 e. The van der Waals surface area contributed by atoms with Gasteiger partial charge >= 0.3 is 0 Å². The van der Waals surface area contributed by atoms with Gasteiger partial charge in [0.15, 0.2) is 0 Å². The van der Waals surface area contributed by atoms with Gasteiger partial charge in [0.2, 0.25) is 0 Å². The number of carbonyl (C=O) groups excluding carboxylic acids is 1. The van der Waals surface area contributed by atoms with Gasteiger partial charge in [-0.2, -0.15) is 0 Å². The van der Waals surface area contributed by atoms with E-state index in [1.165, 1.54) is 11.1 Å². The van der Waals surface area contributed by atoms with Crippen molar-refractivity contribution in [3.8, 4) is 11.1 Å². The van der Waals surface area contributed by atoms with Crippen molar-refractivity contribution in [3.05, 3.63) is 58.7 Å². The second-order valence-electron chi connectivity index (χ2n) is 6.53. The number of carbonyl (C=O) groups is 1. The van der Waals surface area contributed by atoms with Crippen LogP contribution < -0.4 is 5.11 Å². The molecule has 0 N–H and O–H groups in total. The Bertz CT molecular complexity index is 671. The van der Waals surface area contributed by atoms with Gasteiger partial charge in [-0.15, -0.1) is 0 Å². The highest BCUT2D eigenvalue weighted by atomic mass is 16.4. The van der Waals surface area contributed by atoms with Crippen molar-refractivity contribution >= 4 is 5.97 Å². The summed E-state index contributed by atoms with van der Waals surface area (Å²) >= 11 is 0. The monoisotopic (exact) mass is 295 g/mol. The molecule has 0 saturated heterocycles. The van der Waals surface area contributed by atoms with Crippen LogP contribution in [0.1, 0.15) is 66.6 Å². The lowest BCUT2D eigenvalue weighted by Gasteiger charge is -2.17. The zero-order valence-electron chi connectivity index (χ0n) is 13.9. The van der Waals surface area contributed by atoms with Gasteiger partial charge in [-0.25, -0.2) is 0 Å². The Balaban J connectivity index is 2.71. The Morgan fingerprint density at radius 1 is 0.909 bits per heavy atom. The van der Waals surface area contributed by atoms with Crippen LogP contribution in [0.4, 0.5) is 0 Å². The largest absolute Gasteiger partial charge is 0.545 e. The lowest BCUT2D eigenvalue weighted by Crippen LogP contribution is -2.23. The predicted molar refractivity (Wildman–Crippen MR) is 89.1 cm³/mol. The van der Waals surface area contributed by atoms with Gasteiger partial charge in [0.05, 0.1) is 5.97 Å². The molecule has 0 aliphatic rings. The zero-order valence-corrected chi connectivity index (χ0v) is 13.9. The molecule has 2 nitrogen and oxygen atoms in total. The van der Waals surface area contributed by atoms with E-state index >= 15 is 0 Å². The first kappa shape index (κ1) is 16.3. The van der Waals surface area contributed by atoms with E-state index in [0.29, 0.717) is 11.8 Å². The van der Waals surface area contributed by atoms with E-state index < -0.39 is 5.97 Å². The van der Waals surface area contributed by atoms with Crippen LogP contribution in [0.3, 0.4) is 0 Å². The molecule has 116 valence electrons. The van der Waals surface area contributed by atoms with Gasteiger partial charge in [0, 0.05) is 5.56 Å². The molecule has 0 unspecified atom stereocenters. The summed E-state index contributed by atoms with van der Waals surface area (Å²) in [6.07, 6.45) is 0. The van der Waals surface area contributed by atoms with Crippen LogP contribution >= 0.6 is 0 Å². The topological polar surface area (TPSA) is 40.1 Å². The lowest BCUT2D eigenvalue weighted by atomic mass is 9.89. The molecule has 0 bridgehead atoms. The van der Waals surface area contributed by atoms with E-state index in [9.17, 15) is 9.90 Å². The van der Waals surface area contributed by atoms with E-state index in [4.69, 9.17) is 0 Å². The first-order valence-electron chi connectivity index (χ1n) is 7.77. The van der Waals surface area contributed by atoms with E-state index in [1.54, 1.807) is 6.07 Å². The highest BCUT2D eigenvalue weighted by Gasteiger charge is 2.12. The maximum absolute atomic E-state index is 11.4. The van der Waals surface area contributed by atoms with Crippen LogP contribution in [0.15, 0.2) is 36.4 Å². The number of carboxylic acids is 1. The molecule has 2 heteroatoms. The second kappa shape index (κ2) is 6.35. The molecule has 0 fully saturated rings. The van der Waals surface area contributed by atoms with Crippen LogP contribution in [0.25, 0.3) is 11.1 Å². The van der Waals surface area contributed by atoms with Gasteiger partial charge in [0.1, 0.15) is 0 Å². The maximum atomic E-state index is 11.4. The molecule has 0 aliphatic heterocycles. The van der Waals surface area contributed by atoms with Crippen molar-refractivity contribution < 1.29 is 9.90 Å². The second-order valence-corrected chi connectivity index (χ2v) is 6.53. The zero-order chi connectivity index (χ0) is 16.4. The lowest BCUT2D eigenvalue weighted by molar-refractivity contribution is -0.254. The summed E-state index contributed by atoms with van der Waals surface area (Å²) < 4.78 is 0. The molecule has 0 amide bonds. The van der Waals surface area contributed by atoms with Crippen molar-refractivity contribution in [2.24, 2.45) is 0 Å². The van der Waals surface area contributed by atoms with Gasteiger partial charge in [-0.3, -0.25) is 0 Å². The molecular weight excluding hydrogens is 272 g/mol. The summed E-state index contributed by atoms with van der Waals surface area (Å²) in [4.78, 5) is 11.4. The molecule has 0 aromatic heterocycles. The highest BCUT2D eigenvalue weighted by molar-refractivity contribution is 5.95. The maximum Gasteiger partial charge on any atom is 0.0721 e. The summed E-state index contributed by atoms with van der Waals surface area (Å²) in [5, 5.41) is 11.4. The van der Waals surface area contributed by atoms with E-state index in [2.05, 4.69) is 45.9 Å². The van der Waals surface area contributed by atoms with Crippen molar-refractivity contribution in [3.63, 3.8) is 0 Å². The van der Waals surface area contributed by atoms with Gasteiger partial charge in [0.25, 0.3) is 0 Å². The Labute approximate surface area is 132 Å². The Morgan fingerprint density at radius 3 is 1.91 bits per heavy atom. The number of benzene rings is 2. The smallest absolute Gasteiger partial charge is 0.0721 e. The number of rotatable bonds is 4. The molecule has 0 heterocycles. The molecule has 2 aromatic rings. The normalized spacial score (nSPS) is 11.2. The minimum atomic E-state index is -1.13. The number of carboxylic acid groups (broad SMARTS) is 1. The third-order valence-electron chi connectivity index (χ3n) is 4.02. The highest BCUT2D eigenvalue weighted by Crippen LogP contribution is 2.31. The molecular formula is C20H23O2-. The number of aryl methyl sites for hydroxylation is 1. The van der Waals surface area contributed by atoms with Crippen LogP contribution in [0.2, 0.25) is 0 Å². The summed E-state index contributed by atoms with van der Waals surface area (Å²) in [5.41, 5.74) is 5.45. The van der Waals surface area contributed by atoms with Crippen molar-refractivity contribution in [2.75, 3.05) is 0 Å².